The van der Waals surface area contributed by atoms with Gasteiger partial charge in [-0.1, -0.05) is 36.4 Å². The molecular formula is C25H24FNO. The predicted octanol–water partition coefficient (Wildman–Crippen LogP) is 6.94. The number of halogens is 1. The number of hydrogen-bond donors (Lipinski definition) is 1. The summed E-state index contributed by atoms with van der Waals surface area (Å²) in [5.41, 5.74) is 7.45. The summed E-state index contributed by atoms with van der Waals surface area (Å²) in [6.07, 6.45) is 9.71. The third-order valence-corrected chi connectivity index (χ3v) is 5.75. The summed E-state index contributed by atoms with van der Waals surface area (Å²) in [4.78, 5) is 0. The van der Waals surface area contributed by atoms with E-state index in [2.05, 4.69) is 56.4 Å². The Bertz CT molecular complexity index is 1090. The highest BCUT2D eigenvalue weighted by atomic mass is 19.1. The van der Waals surface area contributed by atoms with Crippen LogP contribution in [0.1, 0.15) is 51.2 Å². The van der Waals surface area contributed by atoms with E-state index in [9.17, 15) is 4.39 Å². The zero-order valence-electron chi connectivity index (χ0n) is 16.5. The second kappa shape index (κ2) is 6.10. The lowest BCUT2D eigenvalue weighted by Crippen LogP contribution is -2.32. The molecule has 0 bridgehead atoms. The molecule has 2 aliphatic heterocycles. The number of ether oxygens (including phenoxy) is 1. The van der Waals surface area contributed by atoms with Gasteiger partial charge in [0, 0.05) is 22.4 Å². The molecule has 0 saturated carbocycles. The predicted molar refractivity (Wildman–Crippen MR) is 114 cm³/mol. The first-order valence-corrected chi connectivity index (χ1v) is 9.96. The van der Waals surface area contributed by atoms with Gasteiger partial charge in [-0.05, 0) is 68.9 Å². The van der Waals surface area contributed by atoms with Crippen molar-refractivity contribution in [3.8, 4) is 16.9 Å². The van der Waals surface area contributed by atoms with Crippen molar-refractivity contribution in [2.75, 3.05) is 5.32 Å². The van der Waals surface area contributed by atoms with Crippen LogP contribution < -0.4 is 10.1 Å². The average molecular weight is 373 g/mol. The Morgan fingerprint density at radius 1 is 1.07 bits per heavy atom. The summed E-state index contributed by atoms with van der Waals surface area (Å²) in [5, 5.41) is 3.63. The molecule has 0 spiro atoms. The van der Waals surface area contributed by atoms with Crippen molar-refractivity contribution >= 4 is 17.0 Å². The van der Waals surface area contributed by atoms with E-state index in [1.165, 1.54) is 11.6 Å². The maximum Gasteiger partial charge on any atom is 0.170 e. The van der Waals surface area contributed by atoms with Crippen LogP contribution in [0, 0.1) is 5.82 Å². The normalized spacial score (nSPS) is 21.6. The first-order valence-electron chi connectivity index (χ1n) is 9.96. The summed E-state index contributed by atoms with van der Waals surface area (Å²) >= 11 is 0. The highest BCUT2D eigenvalue weighted by Crippen LogP contribution is 2.50. The van der Waals surface area contributed by atoms with Crippen molar-refractivity contribution in [2.45, 2.75) is 45.6 Å². The number of hydrogen-bond acceptors (Lipinski definition) is 2. The summed E-state index contributed by atoms with van der Waals surface area (Å²) in [6, 6.07) is 9.39. The van der Waals surface area contributed by atoms with Crippen molar-refractivity contribution in [1.29, 1.82) is 0 Å². The number of para-hydroxylation sites is 1. The Labute approximate surface area is 165 Å². The number of benzene rings is 2. The molecule has 28 heavy (non-hydrogen) atoms. The third-order valence-electron chi connectivity index (χ3n) is 5.75. The van der Waals surface area contributed by atoms with Gasteiger partial charge in [-0.3, -0.25) is 0 Å². The molecular weight excluding hydrogens is 349 g/mol. The zero-order chi connectivity index (χ0) is 19.5. The number of nitrogens with one attached hydrogen (secondary N) is 1. The van der Waals surface area contributed by atoms with Crippen LogP contribution in [0.5, 0.6) is 5.75 Å². The van der Waals surface area contributed by atoms with Crippen molar-refractivity contribution < 1.29 is 9.13 Å². The lowest BCUT2D eigenvalue weighted by Gasteiger charge is -2.35. The van der Waals surface area contributed by atoms with Crippen LogP contribution in [0.4, 0.5) is 10.1 Å². The molecule has 1 aliphatic carbocycles. The summed E-state index contributed by atoms with van der Waals surface area (Å²) in [6.45, 7) is 6.49. The fraction of sp³-hybridized carbons (Fsp3) is 0.280. The molecule has 3 aliphatic rings. The summed E-state index contributed by atoms with van der Waals surface area (Å²) < 4.78 is 20.9. The second-order valence-electron chi connectivity index (χ2n) is 8.45. The third kappa shape index (κ3) is 2.61. The van der Waals surface area contributed by atoms with Gasteiger partial charge in [0.15, 0.2) is 11.6 Å². The van der Waals surface area contributed by atoms with Crippen LogP contribution in [-0.4, -0.2) is 5.54 Å². The van der Waals surface area contributed by atoms with Crippen LogP contribution in [0.3, 0.4) is 0 Å². The Hall–Kier alpha value is -2.81. The van der Waals surface area contributed by atoms with E-state index < -0.39 is 0 Å². The number of anilines is 1. The smallest absolute Gasteiger partial charge is 0.170 e. The van der Waals surface area contributed by atoms with Gasteiger partial charge >= 0.3 is 0 Å². The minimum atomic E-state index is -0.315. The quantitative estimate of drug-likeness (QED) is 0.540. The monoisotopic (exact) mass is 373 g/mol. The number of rotatable bonds is 0. The van der Waals surface area contributed by atoms with Crippen LogP contribution in [-0.2, 0) is 0 Å². The maximum atomic E-state index is 14.6. The lowest BCUT2D eigenvalue weighted by molar-refractivity contribution is 0.459. The zero-order valence-corrected chi connectivity index (χ0v) is 16.5. The van der Waals surface area contributed by atoms with Gasteiger partial charge in [0.05, 0.1) is 5.54 Å². The van der Waals surface area contributed by atoms with Gasteiger partial charge in [0.1, 0.15) is 5.76 Å². The van der Waals surface area contributed by atoms with Gasteiger partial charge in [-0.25, -0.2) is 4.39 Å². The molecule has 0 unspecified atom stereocenters. The van der Waals surface area contributed by atoms with Crippen molar-refractivity contribution in [3.05, 3.63) is 71.1 Å². The maximum absolute atomic E-state index is 14.6. The van der Waals surface area contributed by atoms with E-state index in [0.29, 0.717) is 5.75 Å². The molecule has 2 nitrogen and oxygen atoms in total. The van der Waals surface area contributed by atoms with Gasteiger partial charge in [0.25, 0.3) is 0 Å². The van der Waals surface area contributed by atoms with Crippen LogP contribution >= 0.6 is 0 Å². The molecule has 3 heteroatoms. The molecule has 2 aromatic carbocycles. The topological polar surface area (TPSA) is 21.3 Å². The number of fused-ring (bicyclic) bond motifs is 5. The molecule has 142 valence electrons. The molecule has 0 amide bonds. The molecule has 0 aromatic heterocycles. The van der Waals surface area contributed by atoms with E-state index in [4.69, 9.17) is 4.74 Å². The van der Waals surface area contributed by atoms with Gasteiger partial charge in [-0.2, -0.15) is 0 Å². The van der Waals surface area contributed by atoms with Crippen molar-refractivity contribution in [1.82, 2.24) is 0 Å². The lowest BCUT2D eigenvalue weighted by atomic mass is 9.82. The first kappa shape index (κ1) is 17.3. The van der Waals surface area contributed by atoms with Gasteiger partial charge in [-0.15, -0.1) is 0 Å². The molecule has 5 rings (SSSR count). The highest BCUT2D eigenvalue weighted by molar-refractivity contribution is 5.98. The van der Waals surface area contributed by atoms with E-state index in [1.54, 1.807) is 6.07 Å². The largest absolute Gasteiger partial charge is 0.453 e. The van der Waals surface area contributed by atoms with E-state index in [1.807, 2.05) is 6.07 Å². The minimum Gasteiger partial charge on any atom is -0.453 e. The molecule has 0 saturated heterocycles. The van der Waals surface area contributed by atoms with E-state index in [-0.39, 0.29) is 11.4 Å². The molecule has 0 fully saturated rings. The Balaban J connectivity index is 1.86. The van der Waals surface area contributed by atoms with Crippen LogP contribution in [0.2, 0.25) is 0 Å². The average Bonchev–Trinajstić information content (AvgIpc) is 2.67. The first-order chi connectivity index (χ1) is 13.4. The Morgan fingerprint density at radius 3 is 2.71 bits per heavy atom. The highest BCUT2D eigenvalue weighted by Gasteiger charge is 2.33. The van der Waals surface area contributed by atoms with Gasteiger partial charge < -0.3 is 10.1 Å². The van der Waals surface area contributed by atoms with E-state index >= 15 is 0 Å². The van der Waals surface area contributed by atoms with Crippen LogP contribution in [0.15, 0.2) is 54.1 Å². The molecule has 0 atom stereocenters. The summed E-state index contributed by atoms with van der Waals surface area (Å²) in [7, 11) is 0. The van der Waals surface area contributed by atoms with Crippen molar-refractivity contribution in [2.24, 2.45) is 0 Å². The molecule has 2 aromatic rings. The minimum absolute atomic E-state index is 0.108. The van der Waals surface area contributed by atoms with E-state index in [0.717, 1.165) is 58.5 Å². The Morgan fingerprint density at radius 2 is 1.93 bits per heavy atom. The second-order valence-corrected chi connectivity index (χ2v) is 8.45. The molecule has 2 heterocycles. The standard InChI is InChI=1S/C25H24FNO/c1-15-14-25(2,3)27-20-13-12-17-18-10-7-11-19(26)24(18)28-23(22(17)21(15)20)16-8-5-4-6-9-16/h5,7-8,10-14,27H,4,6,9H2,1-3H3. The Kier molecular flexibility index (Phi) is 3.77. The van der Waals surface area contributed by atoms with Crippen LogP contribution in [0.25, 0.3) is 22.5 Å². The van der Waals surface area contributed by atoms with Gasteiger partial charge in [0.2, 0.25) is 0 Å². The molecule has 0 radical (unpaired) electrons. The van der Waals surface area contributed by atoms with Crippen molar-refractivity contribution in [3.63, 3.8) is 0 Å². The molecule has 1 N–H and O–H groups in total. The fourth-order valence-corrected chi connectivity index (χ4v) is 4.69. The number of allylic oxidation sites excluding steroid dienone is 4. The SMILES string of the molecule is CC1=CC(C)(C)Nc2ccc3c(c21)C(=C1C=CCCC1)Oc1c(F)cccc1-3. The summed E-state index contributed by atoms with van der Waals surface area (Å²) in [5.74, 6) is 0.821. The fourth-order valence-electron chi connectivity index (χ4n) is 4.69.